The maximum absolute atomic E-state index is 14.2. The maximum Gasteiger partial charge on any atom is 0.303 e. The molecule has 8 heteroatoms. The molecular formula is C17H20F2N3O3-. The number of aliphatic carboxylic acids is 1. The van der Waals surface area contributed by atoms with Gasteiger partial charge in [0, 0.05) is 30.2 Å². The highest BCUT2D eigenvalue weighted by atomic mass is 19.3. The number of pyridine rings is 1. The van der Waals surface area contributed by atoms with Gasteiger partial charge >= 0.3 is 5.92 Å². The number of hydrogen-bond donors (Lipinski definition) is 1. The molecule has 1 amide bonds. The largest absolute Gasteiger partial charge is 0.549 e. The third kappa shape index (κ3) is 4.19. The lowest BCUT2D eigenvalue weighted by atomic mass is 9.88. The molecule has 2 heterocycles. The third-order valence-electron chi connectivity index (χ3n) is 4.22. The van der Waals surface area contributed by atoms with E-state index in [0.717, 1.165) is 5.01 Å². The zero-order valence-electron chi connectivity index (χ0n) is 14.1. The summed E-state index contributed by atoms with van der Waals surface area (Å²) in [5, 5.41) is 12.3. The van der Waals surface area contributed by atoms with E-state index in [9.17, 15) is 23.5 Å². The van der Waals surface area contributed by atoms with Gasteiger partial charge in [-0.15, -0.1) is 0 Å². The van der Waals surface area contributed by atoms with Crippen molar-refractivity contribution in [3.05, 3.63) is 41.2 Å². The summed E-state index contributed by atoms with van der Waals surface area (Å²) in [6, 6.07) is 4.20. The molecule has 1 aliphatic heterocycles. The first kappa shape index (κ1) is 19.0. The van der Waals surface area contributed by atoms with Gasteiger partial charge in [-0.1, -0.05) is 18.6 Å². The van der Waals surface area contributed by atoms with Crippen LogP contribution in [0.15, 0.2) is 35.5 Å². The van der Waals surface area contributed by atoms with Crippen LogP contribution in [0.2, 0.25) is 0 Å². The number of amides is 1. The number of rotatable bonds is 7. The van der Waals surface area contributed by atoms with Crippen molar-refractivity contribution in [2.75, 3.05) is 13.1 Å². The average molecular weight is 352 g/mol. The fourth-order valence-corrected chi connectivity index (χ4v) is 2.79. The van der Waals surface area contributed by atoms with E-state index in [1.54, 1.807) is 13.8 Å². The maximum atomic E-state index is 14.2. The van der Waals surface area contributed by atoms with Crippen molar-refractivity contribution in [2.24, 2.45) is 5.92 Å². The number of aromatic nitrogens is 1. The van der Waals surface area contributed by atoms with Crippen LogP contribution in [0.25, 0.3) is 0 Å². The van der Waals surface area contributed by atoms with Gasteiger partial charge in [-0.05, 0) is 31.9 Å². The van der Waals surface area contributed by atoms with Crippen molar-refractivity contribution in [1.82, 2.24) is 15.4 Å². The molecule has 6 nitrogen and oxygen atoms in total. The molecule has 0 saturated heterocycles. The van der Waals surface area contributed by atoms with Gasteiger partial charge in [0.15, 0.2) is 0 Å². The number of hydrazine groups is 1. The molecule has 1 aromatic rings. The number of carboxylic acids is 1. The van der Waals surface area contributed by atoms with E-state index < -0.39 is 36.0 Å². The van der Waals surface area contributed by atoms with Crippen molar-refractivity contribution in [1.29, 1.82) is 0 Å². The molecule has 1 atom stereocenters. The van der Waals surface area contributed by atoms with Gasteiger partial charge in [0.1, 0.15) is 5.69 Å². The first-order valence-corrected chi connectivity index (χ1v) is 8.03. The van der Waals surface area contributed by atoms with E-state index >= 15 is 0 Å². The lowest BCUT2D eigenvalue weighted by Crippen LogP contribution is -2.52. The van der Waals surface area contributed by atoms with Crippen LogP contribution >= 0.6 is 0 Å². The summed E-state index contributed by atoms with van der Waals surface area (Å²) in [6.07, 6.45) is 1.87. The highest BCUT2D eigenvalue weighted by Crippen LogP contribution is 2.28. The predicted octanol–water partition coefficient (Wildman–Crippen LogP) is 1.00. The van der Waals surface area contributed by atoms with Crippen LogP contribution in [0.1, 0.15) is 32.4 Å². The molecule has 0 aromatic carbocycles. The second-order valence-corrected chi connectivity index (χ2v) is 5.93. The first-order valence-electron chi connectivity index (χ1n) is 8.03. The van der Waals surface area contributed by atoms with E-state index in [1.165, 1.54) is 24.4 Å². The smallest absolute Gasteiger partial charge is 0.303 e. The average Bonchev–Trinajstić information content (AvgIpc) is 2.58. The van der Waals surface area contributed by atoms with E-state index in [2.05, 4.69) is 10.4 Å². The summed E-state index contributed by atoms with van der Waals surface area (Å²) in [7, 11) is 0. The Balaban J connectivity index is 2.12. The molecule has 0 fully saturated rings. The summed E-state index contributed by atoms with van der Waals surface area (Å²) >= 11 is 0. The first-order chi connectivity index (χ1) is 11.8. The number of nitrogens with zero attached hydrogens (tertiary/aromatic N) is 2. The second-order valence-electron chi connectivity index (χ2n) is 5.93. The van der Waals surface area contributed by atoms with Gasteiger partial charge in [-0.25, -0.2) is 5.43 Å². The van der Waals surface area contributed by atoms with Crippen LogP contribution < -0.4 is 10.5 Å². The van der Waals surface area contributed by atoms with E-state index in [4.69, 9.17) is 0 Å². The summed E-state index contributed by atoms with van der Waals surface area (Å²) < 4.78 is 28.4. The Bertz CT molecular complexity index is 677. The van der Waals surface area contributed by atoms with Crippen LogP contribution in [0.3, 0.4) is 0 Å². The van der Waals surface area contributed by atoms with Gasteiger partial charge < -0.3 is 9.90 Å². The number of alkyl halides is 2. The third-order valence-corrected chi connectivity index (χ3v) is 4.22. The molecule has 0 aliphatic carbocycles. The molecule has 1 unspecified atom stereocenters. The fraction of sp³-hybridized carbons (Fsp3) is 0.471. The number of halogens is 2. The molecule has 1 N–H and O–H groups in total. The molecular weight excluding hydrogens is 332 g/mol. The molecule has 1 aromatic heterocycles. The minimum absolute atomic E-state index is 0.113. The summed E-state index contributed by atoms with van der Waals surface area (Å²) in [4.78, 5) is 27.4. The summed E-state index contributed by atoms with van der Waals surface area (Å²) in [5.41, 5.74) is 2.78. The quantitative estimate of drug-likeness (QED) is 0.791. The molecule has 0 spiro atoms. The predicted molar refractivity (Wildman–Crippen MR) is 84.0 cm³/mol. The van der Waals surface area contributed by atoms with Gasteiger partial charge in [0.05, 0.1) is 6.54 Å². The second kappa shape index (κ2) is 7.69. The van der Waals surface area contributed by atoms with E-state index in [1.807, 2.05) is 0 Å². The molecule has 136 valence electrons. The molecule has 1 aliphatic rings. The van der Waals surface area contributed by atoms with Crippen molar-refractivity contribution in [3.8, 4) is 0 Å². The molecule has 25 heavy (non-hydrogen) atoms. The van der Waals surface area contributed by atoms with Crippen LogP contribution in [0.5, 0.6) is 0 Å². The normalized spacial score (nSPS) is 17.0. The number of carboxylic acid groups (broad SMARTS) is 1. The van der Waals surface area contributed by atoms with Crippen LogP contribution in [0.4, 0.5) is 8.78 Å². The summed E-state index contributed by atoms with van der Waals surface area (Å²) in [5.74, 6) is -6.26. The topological polar surface area (TPSA) is 85.4 Å². The number of hydrogen-bond acceptors (Lipinski definition) is 5. The number of carbonyl (C=O) groups excluding carboxylic acids is 2. The minimum Gasteiger partial charge on any atom is -0.549 e. The highest BCUT2D eigenvalue weighted by molar-refractivity contribution is 5.99. The van der Waals surface area contributed by atoms with Gasteiger partial charge in [0.2, 0.25) is 0 Å². The summed E-state index contributed by atoms with van der Waals surface area (Å²) in [6.45, 7) is 2.69. The lowest BCUT2D eigenvalue weighted by Gasteiger charge is -2.34. The molecule has 0 radical (unpaired) electrons. The minimum atomic E-state index is -3.27. The standard InChI is InChI=1S/C17H21F2N3O3/c1-3-12(16(24)25)14-11(2)7-9-22(15(14)23)21-10-17(18,19)13-6-4-5-8-20-13/h4-6,8,12,21H,3,7,9-10H2,1-2H3,(H,24,25)/p-1. The van der Waals surface area contributed by atoms with Crippen LogP contribution in [0, 0.1) is 5.92 Å². The van der Waals surface area contributed by atoms with Gasteiger partial charge in [-0.3, -0.25) is 14.8 Å². The lowest BCUT2D eigenvalue weighted by molar-refractivity contribution is -0.310. The Hall–Kier alpha value is -2.35. The van der Waals surface area contributed by atoms with Crippen LogP contribution in [-0.2, 0) is 15.5 Å². The van der Waals surface area contributed by atoms with Crippen molar-refractivity contribution in [3.63, 3.8) is 0 Å². The Morgan fingerprint density at radius 2 is 2.20 bits per heavy atom. The molecule has 0 bridgehead atoms. The zero-order valence-corrected chi connectivity index (χ0v) is 14.1. The molecule has 2 rings (SSSR count). The van der Waals surface area contributed by atoms with Crippen molar-refractivity contribution in [2.45, 2.75) is 32.6 Å². The zero-order chi connectivity index (χ0) is 18.6. The van der Waals surface area contributed by atoms with Gasteiger partial charge in [0.25, 0.3) is 5.91 Å². The Kier molecular flexibility index (Phi) is 5.84. The van der Waals surface area contributed by atoms with Crippen LogP contribution in [-0.4, -0.2) is 35.0 Å². The Morgan fingerprint density at radius 1 is 1.48 bits per heavy atom. The van der Waals surface area contributed by atoms with E-state index in [-0.39, 0.29) is 18.5 Å². The molecule has 0 saturated carbocycles. The number of nitrogens with one attached hydrogen (secondary N) is 1. The Morgan fingerprint density at radius 3 is 2.76 bits per heavy atom. The van der Waals surface area contributed by atoms with Gasteiger partial charge in [-0.2, -0.15) is 8.78 Å². The monoisotopic (exact) mass is 352 g/mol. The van der Waals surface area contributed by atoms with Crippen molar-refractivity contribution >= 4 is 11.9 Å². The van der Waals surface area contributed by atoms with E-state index in [0.29, 0.717) is 12.0 Å². The van der Waals surface area contributed by atoms with Crippen molar-refractivity contribution < 1.29 is 23.5 Å². The highest BCUT2D eigenvalue weighted by Gasteiger charge is 2.36. The fourth-order valence-electron chi connectivity index (χ4n) is 2.79. The SMILES string of the molecule is CCC(C(=O)[O-])C1=C(C)CCN(NCC(F)(F)c2ccccn2)C1=O. The Labute approximate surface area is 144 Å². The number of carbonyl (C=O) groups is 2.